The first kappa shape index (κ1) is 42.1. The van der Waals surface area contributed by atoms with Crippen molar-refractivity contribution in [1.82, 2.24) is 19.5 Å². The van der Waals surface area contributed by atoms with E-state index in [-0.39, 0.29) is 22.2 Å². The molecule has 2 N–H and O–H groups in total. The van der Waals surface area contributed by atoms with Crippen molar-refractivity contribution < 1.29 is 22.9 Å². The maximum atomic E-state index is 13.4. The molecule has 5 aromatic rings. The Morgan fingerprint density at radius 2 is 1.63 bits per heavy atom. The van der Waals surface area contributed by atoms with Crippen molar-refractivity contribution in [3.63, 3.8) is 0 Å². The second-order valence-corrected chi connectivity index (χ2v) is 17.6. The lowest BCUT2D eigenvalue weighted by molar-refractivity contribution is -0.384. The summed E-state index contributed by atoms with van der Waals surface area (Å²) in [7, 11) is -4.45. The molecule has 308 valence electrons. The number of carbonyl (C=O) groups is 1. The van der Waals surface area contributed by atoms with Crippen LogP contribution < -0.4 is 14.9 Å². The number of nitro benzene ring substituents is 1. The molecule has 3 heterocycles. The molecule has 2 aliphatic heterocycles. The summed E-state index contributed by atoms with van der Waals surface area (Å²) < 4.78 is 34.4. The Hall–Kier alpha value is -5.03. The van der Waals surface area contributed by atoms with Crippen LogP contribution in [0.25, 0.3) is 11.1 Å². The number of benzene rings is 4. The topological polar surface area (TPSA) is 150 Å². The molecule has 0 aliphatic carbocycles. The second-order valence-electron chi connectivity index (χ2n) is 14.4. The molecule has 0 saturated carbocycles. The van der Waals surface area contributed by atoms with Crippen LogP contribution in [0.15, 0.2) is 125 Å². The van der Waals surface area contributed by atoms with Crippen molar-refractivity contribution in [1.29, 1.82) is 0 Å². The largest absolute Gasteiger partial charge is 0.379 e. The highest BCUT2D eigenvalue weighted by atomic mass is 35.5. The second kappa shape index (κ2) is 19.8. The van der Waals surface area contributed by atoms with Gasteiger partial charge in [0.1, 0.15) is 5.69 Å². The van der Waals surface area contributed by atoms with Crippen LogP contribution in [0.5, 0.6) is 0 Å². The van der Waals surface area contributed by atoms with E-state index in [0.29, 0.717) is 30.4 Å². The van der Waals surface area contributed by atoms with Gasteiger partial charge in [-0.25, -0.2) is 13.1 Å². The van der Waals surface area contributed by atoms with Crippen LogP contribution in [0.3, 0.4) is 0 Å². The molecule has 4 aromatic carbocycles. The Labute approximate surface area is 353 Å². The maximum Gasteiger partial charge on any atom is 0.293 e. The zero-order valence-electron chi connectivity index (χ0n) is 32.4. The number of morpholine rings is 1. The average Bonchev–Trinajstić information content (AvgIpc) is 3.26. The molecule has 16 heteroatoms. The minimum absolute atomic E-state index is 0.147. The number of hydrogen-bond acceptors (Lipinski definition) is 12. The zero-order chi connectivity index (χ0) is 41.2. The number of pyridine rings is 1. The van der Waals surface area contributed by atoms with Crippen LogP contribution in [0.4, 0.5) is 17.1 Å². The summed E-state index contributed by atoms with van der Waals surface area (Å²) in [5.41, 5.74) is 4.21. The van der Waals surface area contributed by atoms with Gasteiger partial charge in [-0.05, 0) is 89.8 Å². The van der Waals surface area contributed by atoms with Gasteiger partial charge >= 0.3 is 0 Å². The Morgan fingerprint density at radius 1 is 0.898 bits per heavy atom. The van der Waals surface area contributed by atoms with Gasteiger partial charge in [-0.2, -0.15) is 0 Å². The summed E-state index contributed by atoms with van der Waals surface area (Å²) in [4.78, 5) is 36.9. The van der Waals surface area contributed by atoms with Crippen LogP contribution in [0.2, 0.25) is 5.02 Å². The molecule has 7 rings (SSSR count). The third-order valence-electron chi connectivity index (χ3n) is 10.5. The normalized spacial score (nSPS) is 15.7. The van der Waals surface area contributed by atoms with E-state index in [2.05, 4.69) is 29.7 Å². The summed E-state index contributed by atoms with van der Waals surface area (Å²) in [6, 6.07) is 30.0. The van der Waals surface area contributed by atoms with E-state index in [1.807, 2.05) is 66.9 Å². The molecule has 0 radical (unpaired) electrons. The van der Waals surface area contributed by atoms with Gasteiger partial charge in [-0.1, -0.05) is 41.9 Å². The number of nitrogens with zero attached hydrogens (tertiary/aromatic N) is 5. The Bertz CT molecular complexity index is 2310. The van der Waals surface area contributed by atoms with Gasteiger partial charge in [0.05, 0.1) is 23.0 Å². The number of amides is 1. The maximum absolute atomic E-state index is 13.4. The minimum atomic E-state index is -4.45. The summed E-state index contributed by atoms with van der Waals surface area (Å²) in [6.07, 6.45) is 4.41. The third-order valence-corrected chi connectivity index (χ3v) is 13.2. The molecule has 2 saturated heterocycles. The van der Waals surface area contributed by atoms with E-state index in [1.54, 1.807) is 42.2 Å². The van der Waals surface area contributed by atoms with E-state index in [1.165, 1.54) is 12.1 Å². The van der Waals surface area contributed by atoms with Gasteiger partial charge in [0.2, 0.25) is 0 Å². The number of ether oxygens (including phenoxy) is 1. The standard InChI is InChI=1S/C43H46ClN7O6S2/c44-35-10-6-32(7-11-35)40-16-18-45-29-34(40)30-49-20-22-50(23-21-49)37-12-8-33(9-13-37)43(52)47-59(55,56)39-14-15-41(42(28-39)51(53)54)46-36(17-19-48-24-26-57-27-25-48)31-58-38-4-2-1-3-5-38/h1-16,18,28-29,36,46H,17,19-27,30-31H2,(H,47,52)/t36-/m1/s1. The quantitative estimate of drug-likeness (QED) is 0.0595. The van der Waals surface area contributed by atoms with Crippen molar-refractivity contribution in [3.05, 3.63) is 142 Å². The Kier molecular flexibility index (Phi) is 14.1. The Balaban J connectivity index is 0.958. The smallest absolute Gasteiger partial charge is 0.293 e. The number of rotatable bonds is 16. The first-order chi connectivity index (χ1) is 28.6. The fourth-order valence-corrected chi connectivity index (χ4v) is 9.29. The van der Waals surface area contributed by atoms with Gasteiger partial charge in [0, 0.05) is 104 Å². The van der Waals surface area contributed by atoms with Crippen LogP contribution in [-0.2, 0) is 21.3 Å². The lowest BCUT2D eigenvalue weighted by atomic mass is 10.0. The van der Waals surface area contributed by atoms with Crippen molar-refractivity contribution in [2.24, 2.45) is 0 Å². The first-order valence-electron chi connectivity index (χ1n) is 19.5. The number of piperazine rings is 1. The number of nitro groups is 1. The van der Waals surface area contributed by atoms with Crippen LogP contribution in [-0.4, -0.2) is 105 Å². The summed E-state index contributed by atoms with van der Waals surface area (Å²) >= 11 is 7.75. The third kappa shape index (κ3) is 11.4. The average molecular weight is 856 g/mol. The van der Waals surface area contributed by atoms with Gasteiger partial charge < -0.3 is 15.0 Å². The number of thioether (sulfide) groups is 1. The number of nitrogens with one attached hydrogen (secondary N) is 2. The van der Waals surface area contributed by atoms with Gasteiger partial charge in [0.15, 0.2) is 0 Å². The monoisotopic (exact) mass is 855 g/mol. The van der Waals surface area contributed by atoms with Crippen molar-refractivity contribution in [2.75, 3.05) is 75.0 Å². The molecule has 1 atom stereocenters. The van der Waals surface area contributed by atoms with E-state index in [4.69, 9.17) is 16.3 Å². The van der Waals surface area contributed by atoms with Gasteiger partial charge in [-0.3, -0.25) is 29.7 Å². The van der Waals surface area contributed by atoms with E-state index < -0.39 is 26.5 Å². The van der Waals surface area contributed by atoms with Crippen molar-refractivity contribution in [3.8, 4) is 11.1 Å². The fourth-order valence-electron chi connectivity index (χ4n) is 7.18. The molecular weight excluding hydrogens is 810 g/mol. The van der Waals surface area contributed by atoms with Crippen molar-refractivity contribution >= 4 is 56.4 Å². The predicted octanol–water partition coefficient (Wildman–Crippen LogP) is 7.05. The predicted molar refractivity (Wildman–Crippen MR) is 233 cm³/mol. The highest BCUT2D eigenvalue weighted by Gasteiger charge is 2.26. The lowest BCUT2D eigenvalue weighted by Crippen LogP contribution is -2.46. The molecule has 2 aliphatic rings. The molecule has 0 unspecified atom stereocenters. The molecule has 1 aromatic heterocycles. The molecule has 0 bridgehead atoms. The summed E-state index contributed by atoms with van der Waals surface area (Å²) in [5.74, 6) is -0.199. The highest BCUT2D eigenvalue weighted by molar-refractivity contribution is 7.99. The van der Waals surface area contributed by atoms with Crippen LogP contribution >= 0.6 is 23.4 Å². The molecule has 2 fully saturated rings. The summed E-state index contributed by atoms with van der Waals surface area (Å²) in [6.45, 7) is 7.66. The van der Waals surface area contributed by atoms with E-state index in [9.17, 15) is 23.3 Å². The molecular formula is C43H46ClN7O6S2. The molecule has 13 nitrogen and oxygen atoms in total. The number of anilines is 2. The Morgan fingerprint density at radius 3 is 2.34 bits per heavy atom. The fraction of sp³-hybridized carbons (Fsp3) is 0.302. The van der Waals surface area contributed by atoms with E-state index >= 15 is 0 Å². The highest BCUT2D eigenvalue weighted by Crippen LogP contribution is 2.31. The van der Waals surface area contributed by atoms with Gasteiger partial charge in [0.25, 0.3) is 21.6 Å². The molecule has 0 spiro atoms. The SMILES string of the molecule is O=C(NS(=O)(=O)c1ccc(N[C@H](CCN2CCOCC2)CSc2ccccc2)c([N+](=O)[O-])c1)c1ccc(N2CCN(Cc3cnccc3-c3ccc(Cl)cc3)CC2)cc1. The van der Waals surface area contributed by atoms with E-state index in [0.717, 1.165) is 85.7 Å². The van der Waals surface area contributed by atoms with Gasteiger partial charge in [-0.15, -0.1) is 11.8 Å². The van der Waals surface area contributed by atoms with Crippen LogP contribution in [0.1, 0.15) is 22.3 Å². The number of sulfonamides is 1. The molecule has 59 heavy (non-hydrogen) atoms. The first-order valence-corrected chi connectivity index (χ1v) is 22.3. The number of halogens is 1. The minimum Gasteiger partial charge on any atom is -0.379 e. The lowest BCUT2D eigenvalue weighted by Gasteiger charge is -2.36. The zero-order valence-corrected chi connectivity index (χ0v) is 34.8. The number of aromatic nitrogens is 1. The van der Waals surface area contributed by atoms with Crippen molar-refractivity contribution in [2.45, 2.75) is 28.8 Å². The molecule has 1 amide bonds. The number of carbonyl (C=O) groups excluding carboxylic acids is 1. The van der Waals surface area contributed by atoms with Crippen LogP contribution in [0, 0.1) is 10.1 Å². The number of hydrogen-bond donors (Lipinski definition) is 2. The summed E-state index contributed by atoms with van der Waals surface area (Å²) in [5, 5.41) is 16.3.